The van der Waals surface area contributed by atoms with Gasteiger partial charge >= 0.3 is 0 Å². The first kappa shape index (κ1) is 10.7. The smallest absolute Gasteiger partial charge is 0.219 e. The Kier molecular flexibility index (Phi) is 3.20. The fourth-order valence-corrected chi connectivity index (χ4v) is 1.49. The van der Waals surface area contributed by atoms with Crippen LogP contribution in [0.15, 0.2) is 42.5 Å². The van der Waals surface area contributed by atoms with E-state index in [1.165, 1.54) is 5.56 Å². The quantitative estimate of drug-likeness (QED) is 0.774. The van der Waals surface area contributed by atoms with Crippen molar-refractivity contribution in [1.82, 2.24) is 4.98 Å². The van der Waals surface area contributed by atoms with E-state index in [-0.39, 0.29) is 0 Å². The first-order valence-corrected chi connectivity index (χ1v) is 5.48. The van der Waals surface area contributed by atoms with Crippen LogP contribution in [0.25, 0.3) is 0 Å². The molecule has 0 spiro atoms. The molecule has 2 rings (SSSR count). The minimum absolute atomic E-state index is 0.643. The van der Waals surface area contributed by atoms with Gasteiger partial charge in [0.1, 0.15) is 5.75 Å². The normalized spacial score (nSPS) is 10.1. The van der Waals surface area contributed by atoms with E-state index in [9.17, 15) is 0 Å². The van der Waals surface area contributed by atoms with Crippen LogP contribution in [0.2, 0.25) is 0 Å². The van der Waals surface area contributed by atoms with Gasteiger partial charge in [-0.2, -0.15) is 0 Å². The number of nitrogens with zero attached hydrogens (tertiary/aromatic N) is 1. The van der Waals surface area contributed by atoms with Gasteiger partial charge in [0.15, 0.2) is 0 Å². The van der Waals surface area contributed by atoms with Crippen LogP contribution in [0.1, 0.15) is 18.2 Å². The number of rotatable bonds is 3. The molecule has 1 heterocycles. The maximum atomic E-state index is 5.65. The molecule has 2 aromatic rings. The van der Waals surface area contributed by atoms with Crippen molar-refractivity contribution in [2.24, 2.45) is 0 Å². The van der Waals surface area contributed by atoms with E-state index in [0.717, 1.165) is 17.9 Å². The number of aryl methyl sites for hydroxylation is 2. The van der Waals surface area contributed by atoms with Gasteiger partial charge in [0.25, 0.3) is 0 Å². The molecule has 0 unspecified atom stereocenters. The molecule has 0 fully saturated rings. The van der Waals surface area contributed by atoms with Crippen LogP contribution in [0.5, 0.6) is 11.6 Å². The minimum atomic E-state index is 0.643. The Morgan fingerprint density at radius 1 is 1.06 bits per heavy atom. The minimum Gasteiger partial charge on any atom is -0.439 e. The van der Waals surface area contributed by atoms with Crippen molar-refractivity contribution in [3.05, 3.63) is 53.7 Å². The molecule has 0 aliphatic rings. The molecular weight excluding hydrogens is 198 g/mol. The van der Waals surface area contributed by atoms with E-state index in [1.807, 2.05) is 37.3 Å². The third-order valence-corrected chi connectivity index (χ3v) is 2.42. The third-order valence-electron chi connectivity index (χ3n) is 2.42. The molecule has 0 saturated carbocycles. The van der Waals surface area contributed by atoms with Gasteiger partial charge in [-0.1, -0.05) is 25.1 Å². The van der Waals surface area contributed by atoms with Gasteiger partial charge in [-0.15, -0.1) is 0 Å². The first-order valence-electron chi connectivity index (χ1n) is 5.48. The predicted molar refractivity (Wildman–Crippen MR) is 64.9 cm³/mol. The summed E-state index contributed by atoms with van der Waals surface area (Å²) in [6.07, 6.45) is 1.04. The summed E-state index contributed by atoms with van der Waals surface area (Å²) in [6, 6.07) is 13.9. The van der Waals surface area contributed by atoms with E-state index < -0.39 is 0 Å². The SMILES string of the molecule is CCc1ccc(Oc2cccc(C)n2)cc1. The van der Waals surface area contributed by atoms with Gasteiger partial charge in [-0.25, -0.2) is 4.98 Å². The molecule has 0 aliphatic heterocycles. The van der Waals surface area contributed by atoms with E-state index in [2.05, 4.69) is 24.0 Å². The highest BCUT2D eigenvalue weighted by Gasteiger charge is 1.98. The lowest BCUT2D eigenvalue weighted by Crippen LogP contribution is -1.89. The lowest BCUT2D eigenvalue weighted by molar-refractivity contribution is 0.461. The van der Waals surface area contributed by atoms with E-state index in [1.54, 1.807) is 0 Å². The highest BCUT2D eigenvalue weighted by atomic mass is 16.5. The summed E-state index contributed by atoms with van der Waals surface area (Å²) in [5, 5.41) is 0. The summed E-state index contributed by atoms with van der Waals surface area (Å²) < 4.78 is 5.65. The van der Waals surface area contributed by atoms with Gasteiger partial charge in [0.05, 0.1) is 0 Å². The highest BCUT2D eigenvalue weighted by Crippen LogP contribution is 2.19. The number of aromatic nitrogens is 1. The van der Waals surface area contributed by atoms with Crippen LogP contribution >= 0.6 is 0 Å². The van der Waals surface area contributed by atoms with E-state index in [0.29, 0.717) is 5.88 Å². The lowest BCUT2D eigenvalue weighted by atomic mass is 10.2. The van der Waals surface area contributed by atoms with Crippen LogP contribution in [0.4, 0.5) is 0 Å². The van der Waals surface area contributed by atoms with Gasteiger partial charge in [0, 0.05) is 11.8 Å². The van der Waals surface area contributed by atoms with Crippen LogP contribution in [-0.2, 0) is 6.42 Å². The fourth-order valence-electron chi connectivity index (χ4n) is 1.49. The summed E-state index contributed by atoms with van der Waals surface area (Å²) in [5.74, 6) is 1.47. The molecule has 0 aliphatic carbocycles. The number of benzene rings is 1. The topological polar surface area (TPSA) is 22.1 Å². The fraction of sp³-hybridized carbons (Fsp3) is 0.214. The lowest BCUT2D eigenvalue weighted by Gasteiger charge is -2.05. The summed E-state index contributed by atoms with van der Waals surface area (Å²) in [7, 11) is 0. The summed E-state index contributed by atoms with van der Waals surface area (Å²) in [5.41, 5.74) is 2.27. The Labute approximate surface area is 95.9 Å². The van der Waals surface area contributed by atoms with Gasteiger partial charge < -0.3 is 4.74 Å². The highest BCUT2D eigenvalue weighted by molar-refractivity contribution is 5.30. The van der Waals surface area contributed by atoms with Crippen molar-refractivity contribution in [2.75, 3.05) is 0 Å². The molecule has 0 radical (unpaired) electrons. The van der Waals surface area contributed by atoms with Gasteiger partial charge in [0.2, 0.25) is 5.88 Å². The molecule has 0 saturated heterocycles. The zero-order chi connectivity index (χ0) is 11.4. The number of hydrogen-bond acceptors (Lipinski definition) is 2. The molecule has 0 amide bonds. The van der Waals surface area contributed by atoms with Crippen molar-refractivity contribution in [3.8, 4) is 11.6 Å². The van der Waals surface area contributed by atoms with Crippen molar-refractivity contribution in [2.45, 2.75) is 20.3 Å². The summed E-state index contributed by atoms with van der Waals surface area (Å²) in [4.78, 5) is 4.29. The molecule has 0 N–H and O–H groups in total. The molecule has 0 bridgehead atoms. The Hall–Kier alpha value is -1.83. The van der Waals surface area contributed by atoms with Gasteiger partial charge in [-0.05, 0) is 37.1 Å². The molecule has 1 aromatic carbocycles. The van der Waals surface area contributed by atoms with Crippen LogP contribution < -0.4 is 4.74 Å². The molecule has 82 valence electrons. The zero-order valence-corrected chi connectivity index (χ0v) is 9.60. The van der Waals surface area contributed by atoms with Crippen molar-refractivity contribution >= 4 is 0 Å². The van der Waals surface area contributed by atoms with E-state index >= 15 is 0 Å². The van der Waals surface area contributed by atoms with Crippen molar-refractivity contribution in [3.63, 3.8) is 0 Å². The number of hydrogen-bond donors (Lipinski definition) is 0. The predicted octanol–water partition coefficient (Wildman–Crippen LogP) is 3.74. The van der Waals surface area contributed by atoms with Crippen molar-refractivity contribution in [1.29, 1.82) is 0 Å². The zero-order valence-electron chi connectivity index (χ0n) is 9.60. The second-order valence-electron chi connectivity index (χ2n) is 3.72. The number of ether oxygens (including phenoxy) is 1. The monoisotopic (exact) mass is 213 g/mol. The Morgan fingerprint density at radius 3 is 2.44 bits per heavy atom. The average molecular weight is 213 g/mol. The first-order chi connectivity index (χ1) is 7.78. The maximum absolute atomic E-state index is 5.65. The van der Waals surface area contributed by atoms with Crippen LogP contribution in [0.3, 0.4) is 0 Å². The molecule has 2 heteroatoms. The Morgan fingerprint density at radius 2 is 1.81 bits per heavy atom. The summed E-state index contributed by atoms with van der Waals surface area (Å²) >= 11 is 0. The second kappa shape index (κ2) is 4.79. The Bertz CT molecular complexity index is 462. The van der Waals surface area contributed by atoms with Gasteiger partial charge in [-0.3, -0.25) is 0 Å². The average Bonchev–Trinajstić information content (AvgIpc) is 2.30. The van der Waals surface area contributed by atoms with Crippen LogP contribution in [0, 0.1) is 6.92 Å². The second-order valence-corrected chi connectivity index (χ2v) is 3.72. The number of pyridine rings is 1. The third kappa shape index (κ3) is 2.60. The summed E-state index contributed by atoms with van der Waals surface area (Å²) in [6.45, 7) is 4.09. The Balaban J connectivity index is 2.14. The maximum Gasteiger partial charge on any atom is 0.219 e. The van der Waals surface area contributed by atoms with E-state index in [4.69, 9.17) is 4.74 Å². The molecule has 16 heavy (non-hydrogen) atoms. The van der Waals surface area contributed by atoms with Crippen LogP contribution in [-0.4, -0.2) is 4.98 Å². The standard InChI is InChI=1S/C14H15NO/c1-3-12-7-9-13(10-8-12)16-14-6-4-5-11(2)15-14/h4-10H,3H2,1-2H3. The molecule has 2 nitrogen and oxygen atoms in total. The molecule has 1 aromatic heterocycles. The molecular formula is C14H15NO. The largest absolute Gasteiger partial charge is 0.439 e. The van der Waals surface area contributed by atoms with Crippen molar-refractivity contribution < 1.29 is 4.74 Å². The molecule has 0 atom stereocenters.